The van der Waals surface area contributed by atoms with Gasteiger partial charge in [0.25, 0.3) is 0 Å². The maximum atomic E-state index is 11.3. The van der Waals surface area contributed by atoms with Gasteiger partial charge in [-0.3, -0.25) is 0 Å². The van der Waals surface area contributed by atoms with Gasteiger partial charge in [0.15, 0.2) is 0 Å². The Morgan fingerprint density at radius 2 is 2.10 bits per heavy atom. The van der Waals surface area contributed by atoms with Crippen molar-refractivity contribution >= 4 is 11.8 Å². The molecule has 1 aromatic heterocycles. The van der Waals surface area contributed by atoms with Crippen LogP contribution in [-0.4, -0.2) is 28.6 Å². The third kappa shape index (κ3) is 3.11. The summed E-state index contributed by atoms with van der Waals surface area (Å²) < 4.78 is 0. The summed E-state index contributed by atoms with van der Waals surface area (Å²) in [6.07, 6.45) is 2.27. The van der Waals surface area contributed by atoms with E-state index in [1.54, 1.807) is 12.1 Å². The number of aromatic nitrogens is 1. The Morgan fingerprint density at radius 3 is 2.65 bits per heavy atom. The number of carbonyl (C=O) groups is 1. The molecule has 2 unspecified atom stereocenters. The van der Waals surface area contributed by atoms with Gasteiger partial charge in [0.2, 0.25) is 0 Å². The number of piperidine rings is 1. The first-order valence-corrected chi connectivity index (χ1v) is 7.40. The molecule has 2 atom stereocenters. The summed E-state index contributed by atoms with van der Waals surface area (Å²) in [5.41, 5.74) is 1.19. The van der Waals surface area contributed by atoms with E-state index in [1.165, 1.54) is 0 Å². The van der Waals surface area contributed by atoms with Crippen molar-refractivity contribution in [2.24, 2.45) is 5.92 Å². The first kappa shape index (κ1) is 14.8. The molecule has 0 radical (unpaired) electrons. The topological polar surface area (TPSA) is 53.4 Å². The Bertz CT molecular complexity index is 499. The zero-order chi connectivity index (χ0) is 14.9. The molecule has 110 valence electrons. The van der Waals surface area contributed by atoms with Crippen LogP contribution in [0.15, 0.2) is 12.1 Å². The Balaban J connectivity index is 2.37. The molecule has 2 rings (SSSR count). The maximum absolute atomic E-state index is 11.3. The number of hydrogen-bond acceptors (Lipinski definition) is 3. The second-order valence-electron chi connectivity index (χ2n) is 6.27. The molecule has 1 saturated heterocycles. The van der Waals surface area contributed by atoms with Crippen LogP contribution in [0.1, 0.15) is 62.5 Å². The van der Waals surface area contributed by atoms with Crippen LogP contribution in [-0.2, 0) is 0 Å². The van der Waals surface area contributed by atoms with E-state index < -0.39 is 5.97 Å². The molecular weight excluding hydrogens is 252 g/mol. The van der Waals surface area contributed by atoms with Gasteiger partial charge in [0.05, 0.1) is 5.56 Å². The molecule has 1 aliphatic heterocycles. The zero-order valence-electron chi connectivity index (χ0n) is 12.8. The standard InChI is InChI=1S/C16H24N2O2/c1-10(2)14-8-13(16(19)20)9-15(17-14)18-6-5-11(3)7-12(18)4/h8-12H,5-7H2,1-4H3,(H,19,20). The lowest BCUT2D eigenvalue weighted by Crippen LogP contribution is -2.41. The summed E-state index contributed by atoms with van der Waals surface area (Å²) in [5.74, 6) is 0.891. The van der Waals surface area contributed by atoms with Crippen molar-refractivity contribution in [2.45, 2.75) is 52.5 Å². The van der Waals surface area contributed by atoms with Gasteiger partial charge in [-0.05, 0) is 43.7 Å². The molecule has 1 aliphatic rings. The molecule has 0 bridgehead atoms. The Labute approximate surface area is 120 Å². The smallest absolute Gasteiger partial charge is 0.335 e. The summed E-state index contributed by atoms with van der Waals surface area (Å²) in [5, 5.41) is 9.28. The highest BCUT2D eigenvalue weighted by atomic mass is 16.4. The molecule has 20 heavy (non-hydrogen) atoms. The average molecular weight is 276 g/mol. The van der Waals surface area contributed by atoms with Gasteiger partial charge in [-0.15, -0.1) is 0 Å². The lowest BCUT2D eigenvalue weighted by molar-refractivity contribution is 0.0696. The molecule has 1 fully saturated rings. The van der Waals surface area contributed by atoms with Gasteiger partial charge in [-0.1, -0.05) is 20.8 Å². The van der Waals surface area contributed by atoms with Crippen molar-refractivity contribution in [2.75, 3.05) is 11.4 Å². The molecule has 1 N–H and O–H groups in total. The molecule has 4 heteroatoms. The van der Waals surface area contributed by atoms with Gasteiger partial charge >= 0.3 is 5.97 Å². The minimum Gasteiger partial charge on any atom is -0.478 e. The Morgan fingerprint density at radius 1 is 1.40 bits per heavy atom. The molecule has 0 spiro atoms. The summed E-state index contributed by atoms with van der Waals surface area (Å²) in [6.45, 7) is 9.50. The number of anilines is 1. The number of nitrogens with zero attached hydrogens (tertiary/aromatic N) is 2. The predicted octanol–water partition coefficient (Wildman–Crippen LogP) is 3.53. The lowest BCUT2D eigenvalue weighted by Gasteiger charge is -2.37. The van der Waals surface area contributed by atoms with Crippen molar-refractivity contribution in [1.29, 1.82) is 0 Å². The Hall–Kier alpha value is -1.58. The number of carboxylic acid groups (broad SMARTS) is 1. The summed E-state index contributed by atoms with van der Waals surface area (Å²) in [7, 11) is 0. The first-order valence-electron chi connectivity index (χ1n) is 7.40. The van der Waals surface area contributed by atoms with Crippen LogP contribution < -0.4 is 4.90 Å². The predicted molar refractivity (Wildman–Crippen MR) is 80.5 cm³/mol. The highest BCUT2D eigenvalue weighted by Gasteiger charge is 2.25. The number of pyridine rings is 1. The SMILES string of the molecule is CC1CCN(c2cc(C(=O)O)cc(C(C)C)n2)C(C)C1. The van der Waals surface area contributed by atoms with E-state index in [9.17, 15) is 9.90 Å². The van der Waals surface area contributed by atoms with E-state index in [0.717, 1.165) is 36.8 Å². The third-order valence-corrected chi connectivity index (χ3v) is 4.10. The molecule has 0 aromatic carbocycles. The van der Waals surface area contributed by atoms with Crippen molar-refractivity contribution in [3.8, 4) is 0 Å². The number of aromatic carboxylic acids is 1. The normalized spacial score (nSPS) is 23.1. The monoisotopic (exact) mass is 276 g/mol. The summed E-state index contributed by atoms with van der Waals surface area (Å²) in [6, 6.07) is 3.81. The van der Waals surface area contributed by atoms with E-state index in [-0.39, 0.29) is 5.92 Å². The first-order chi connectivity index (χ1) is 9.38. The molecule has 1 aromatic rings. The van der Waals surface area contributed by atoms with Crippen molar-refractivity contribution in [1.82, 2.24) is 4.98 Å². The average Bonchev–Trinajstić information content (AvgIpc) is 2.38. The van der Waals surface area contributed by atoms with E-state index in [4.69, 9.17) is 0 Å². The molecule has 0 amide bonds. The highest BCUT2D eigenvalue weighted by Crippen LogP contribution is 2.28. The maximum Gasteiger partial charge on any atom is 0.335 e. The fourth-order valence-electron chi connectivity index (χ4n) is 2.85. The minimum atomic E-state index is -0.881. The summed E-state index contributed by atoms with van der Waals surface area (Å²) >= 11 is 0. The molecule has 0 aliphatic carbocycles. The van der Waals surface area contributed by atoms with Crippen LogP contribution in [0.5, 0.6) is 0 Å². The Kier molecular flexibility index (Phi) is 4.31. The van der Waals surface area contributed by atoms with Gasteiger partial charge in [-0.25, -0.2) is 9.78 Å². The van der Waals surface area contributed by atoms with E-state index >= 15 is 0 Å². The van der Waals surface area contributed by atoms with Crippen LogP contribution in [0.3, 0.4) is 0 Å². The fourth-order valence-corrected chi connectivity index (χ4v) is 2.85. The van der Waals surface area contributed by atoms with Crippen molar-refractivity contribution < 1.29 is 9.90 Å². The highest BCUT2D eigenvalue weighted by molar-refractivity contribution is 5.88. The van der Waals surface area contributed by atoms with E-state index in [0.29, 0.717) is 11.6 Å². The molecule has 4 nitrogen and oxygen atoms in total. The van der Waals surface area contributed by atoms with Crippen LogP contribution >= 0.6 is 0 Å². The van der Waals surface area contributed by atoms with Crippen molar-refractivity contribution in [3.05, 3.63) is 23.4 Å². The van der Waals surface area contributed by atoms with Gasteiger partial charge < -0.3 is 10.0 Å². The molecule has 0 saturated carbocycles. The van der Waals surface area contributed by atoms with E-state index in [2.05, 4.69) is 23.7 Å². The lowest BCUT2D eigenvalue weighted by atomic mass is 9.93. The molecular formula is C16H24N2O2. The fraction of sp³-hybridized carbons (Fsp3) is 0.625. The van der Waals surface area contributed by atoms with Crippen molar-refractivity contribution in [3.63, 3.8) is 0 Å². The third-order valence-electron chi connectivity index (χ3n) is 4.10. The number of carboxylic acids is 1. The van der Waals surface area contributed by atoms with Crippen LogP contribution in [0, 0.1) is 5.92 Å². The van der Waals surface area contributed by atoms with Gasteiger partial charge in [0.1, 0.15) is 5.82 Å². The van der Waals surface area contributed by atoms with Crippen LogP contribution in [0.2, 0.25) is 0 Å². The zero-order valence-corrected chi connectivity index (χ0v) is 12.8. The number of rotatable bonds is 3. The largest absolute Gasteiger partial charge is 0.478 e. The van der Waals surface area contributed by atoms with Gasteiger partial charge in [-0.2, -0.15) is 0 Å². The quantitative estimate of drug-likeness (QED) is 0.917. The molecule has 2 heterocycles. The van der Waals surface area contributed by atoms with Crippen LogP contribution in [0.25, 0.3) is 0 Å². The second kappa shape index (κ2) is 5.81. The minimum absolute atomic E-state index is 0.229. The second-order valence-corrected chi connectivity index (χ2v) is 6.27. The van der Waals surface area contributed by atoms with Gasteiger partial charge in [0, 0.05) is 18.3 Å². The van der Waals surface area contributed by atoms with E-state index in [1.807, 2.05) is 13.8 Å². The number of hydrogen-bond donors (Lipinski definition) is 1. The summed E-state index contributed by atoms with van der Waals surface area (Å²) in [4.78, 5) is 18.2. The van der Waals surface area contributed by atoms with Crippen LogP contribution in [0.4, 0.5) is 5.82 Å².